The van der Waals surface area contributed by atoms with Crippen LogP contribution >= 0.6 is 0 Å². The molecule has 0 spiro atoms. The highest BCUT2D eigenvalue weighted by atomic mass is 16.5. The standard InChI is InChI=1S/C17H16N2O3/c1-21-11-13-5-4-6-14(9-13)17(20)22-12-15-10-19-8-3-2-7-16(19)18-15/h2-10H,11-12H2,1H3. The first-order valence-electron chi connectivity index (χ1n) is 6.94. The summed E-state index contributed by atoms with van der Waals surface area (Å²) in [6.07, 6.45) is 3.76. The number of pyridine rings is 1. The lowest BCUT2D eigenvalue weighted by atomic mass is 10.1. The van der Waals surface area contributed by atoms with E-state index in [0.717, 1.165) is 11.2 Å². The average Bonchev–Trinajstić information content (AvgIpc) is 2.96. The highest BCUT2D eigenvalue weighted by Crippen LogP contribution is 2.10. The Balaban J connectivity index is 1.67. The fourth-order valence-electron chi connectivity index (χ4n) is 2.23. The van der Waals surface area contributed by atoms with Gasteiger partial charge in [0.05, 0.1) is 17.9 Å². The number of fused-ring (bicyclic) bond motifs is 1. The van der Waals surface area contributed by atoms with Gasteiger partial charge in [0.25, 0.3) is 0 Å². The van der Waals surface area contributed by atoms with E-state index in [1.807, 2.05) is 47.1 Å². The minimum absolute atomic E-state index is 0.148. The van der Waals surface area contributed by atoms with E-state index in [0.29, 0.717) is 17.9 Å². The molecule has 0 atom stereocenters. The van der Waals surface area contributed by atoms with E-state index in [1.165, 1.54) is 0 Å². The van der Waals surface area contributed by atoms with Crippen molar-refractivity contribution < 1.29 is 14.3 Å². The Morgan fingerprint density at radius 2 is 2.09 bits per heavy atom. The van der Waals surface area contributed by atoms with E-state index >= 15 is 0 Å². The Bertz CT molecular complexity index is 762. The number of imidazole rings is 1. The largest absolute Gasteiger partial charge is 0.456 e. The van der Waals surface area contributed by atoms with Crippen molar-refractivity contribution in [1.29, 1.82) is 0 Å². The van der Waals surface area contributed by atoms with Crippen molar-refractivity contribution in [3.8, 4) is 0 Å². The third kappa shape index (κ3) is 3.15. The number of carbonyl (C=O) groups excluding carboxylic acids is 1. The van der Waals surface area contributed by atoms with Gasteiger partial charge < -0.3 is 13.9 Å². The first-order valence-corrected chi connectivity index (χ1v) is 6.94. The Labute approximate surface area is 128 Å². The Morgan fingerprint density at radius 1 is 1.18 bits per heavy atom. The highest BCUT2D eigenvalue weighted by molar-refractivity contribution is 5.89. The summed E-state index contributed by atoms with van der Waals surface area (Å²) in [6.45, 7) is 0.614. The van der Waals surface area contributed by atoms with Crippen molar-refractivity contribution in [3.63, 3.8) is 0 Å². The second kappa shape index (κ2) is 6.41. The van der Waals surface area contributed by atoms with Gasteiger partial charge in [0.1, 0.15) is 12.3 Å². The van der Waals surface area contributed by atoms with Gasteiger partial charge in [-0.05, 0) is 29.8 Å². The van der Waals surface area contributed by atoms with Crippen LogP contribution in [-0.2, 0) is 22.7 Å². The molecular formula is C17H16N2O3. The lowest BCUT2D eigenvalue weighted by Gasteiger charge is -2.05. The van der Waals surface area contributed by atoms with Gasteiger partial charge in [-0.3, -0.25) is 0 Å². The van der Waals surface area contributed by atoms with Crippen LogP contribution in [0.15, 0.2) is 54.9 Å². The van der Waals surface area contributed by atoms with Crippen molar-refractivity contribution in [3.05, 3.63) is 71.7 Å². The predicted molar refractivity (Wildman–Crippen MR) is 81.5 cm³/mol. The molecule has 3 aromatic rings. The van der Waals surface area contributed by atoms with Crippen LogP contribution < -0.4 is 0 Å². The number of ether oxygens (including phenoxy) is 2. The fourth-order valence-corrected chi connectivity index (χ4v) is 2.23. The van der Waals surface area contributed by atoms with Gasteiger partial charge in [0.2, 0.25) is 0 Å². The van der Waals surface area contributed by atoms with Crippen LogP contribution in [0, 0.1) is 0 Å². The van der Waals surface area contributed by atoms with Crippen molar-refractivity contribution in [2.75, 3.05) is 7.11 Å². The summed E-state index contributed by atoms with van der Waals surface area (Å²) in [5.41, 5.74) is 2.99. The Morgan fingerprint density at radius 3 is 2.91 bits per heavy atom. The van der Waals surface area contributed by atoms with Crippen LogP contribution in [0.25, 0.3) is 5.65 Å². The number of nitrogens with zero attached hydrogens (tertiary/aromatic N) is 2. The maximum atomic E-state index is 12.1. The summed E-state index contributed by atoms with van der Waals surface area (Å²) < 4.78 is 12.3. The third-order valence-corrected chi connectivity index (χ3v) is 3.24. The normalized spacial score (nSPS) is 10.8. The summed E-state index contributed by atoms with van der Waals surface area (Å²) in [4.78, 5) is 16.5. The van der Waals surface area contributed by atoms with Crippen molar-refractivity contribution in [2.24, 2.45) is 0 Å². The first-order chi connectivity index (χ1) is 10.8. The topological polar surface area (TPSA) is 52.8 Å². The summed E-state index contributed by atoms with van der Waals surface area (Å²) in [7, 11) is 1.62. The van der Waals surface area contributed by atoms with Crippen LogP contribution in [0.3, 0.4) is 0 Å². The van der Waals surface area contributed by atoms with E-state index in [9.17, 15) is 4.79 Å². The molecule has 1 aromatic carbocycles. The molecule has 22 heavy (non-hydrogen) atoms. The zero-order chi connectivity index (χ0) is 15.4. The van der Waals surface area contributed by atoms with E-state index in [1.54, 1.807) is 19.2 Å². The lowest BCUT2D eigenvalue weighted by Crippen LogP contribution is -2.06. The third-order valence-electron chi connectivity index (χ3n) is 3.24. The minimum atomic E-state index is -0.366. The monoisotopic (exact) mass is 296 g/mol. The molecular weight excluding hydrogens is 280 g/mol. The minimum Gasteiger partial charge on any atom is -0.456 e. The van der Waals surface area contributed by atoms with Gasteiger partial charge in [0.15, 0.2) is 0 Å². The maximum absolute atomic E-state index is 12.1. The van der Waals surface area contributed by atoms with E-state index in [2.05, 4.69) is 4.98 Å². The molecule has 2 aromatic heterocycles. The predicted octanol–water partition coefficient (Wildman–Crippen LogP) is 2.84. The van der Waals surface area contributed by atoms with E-state index in [-0.39, 0.29) is 12.6 Å². The molecule has 0 aliphatic heterocycles. The molecule has 0 aliphatic carbocycles. The zero-order valence-corrected chi connectivity index (χ0v) is 12.2. The summed E-state index contributed by atoms with van der Waals surface area (Å²) in [6, 6.07) is 13.0. The molecule has 5 nitrogen and oxygen atoms in total. The summed E-state index contributed by atoms with van der Waals surface area (Å²) in [5, 5.41) is 0. The molecule has 0 unspecified atom stereocenters. The Hall–Kier alpha value is -2.66. The fraction of sp³-hybridized carbons (Fsp3) is 0.176. The molecule has 0 fully saturated rings. The molecule has 0 amide bonds. The molecule has 0 saturated heterocycles. The van der Waals surface area contributed by atoms with Gasteiger partial charge in [-0.1, -0.05) is 18.2 Å². The molecule has 2 heterocycles. The van der Waals surface area contributed by atoms with Gasteiger partial charge in [-0.2, -0.15) is 0 Å². The molecule has 5 heteroatoms. The summed E-state index contributed by atoms with van der Waals surface area (Å²) in [5.74, 6) is -0.366. The second-order valence-corrected chi connectivity index (χ2v) is 4.91. The van der Waals surface area contributed by atoms with E-state index in [4.69, 9.17) is 9.47 Å². The van der Waals surface area contributed by atoms with Crippen LogP contribution in [0.4, 0.5) is 0 Å². The molecule has 112 valence electrons. The van der Waals surface area contributed by atoms with Crippen molar-refractivity contribution in [1.82, 2.24) is 9.38 Å². The molecule has 0 saturated carbocycles. The number of rotatable bonds is 5. The molecule has 0 bridgehead atoms. The quantitative estimate of drug-likeness (QED) is 0.679. The van der Waals surface area contributed by atoms with E-state index < -0.39 is 0 Å². The number of aromatic nitrogens is 2. The van der Waals surface area contributed by atoms with Crippen LogP contribution in [-0.4, -0.2) is 22.5 Å². The zero-order valence-electron chi connectivity index (χ0n) is 12.2. The molecule has 0 aliphatic rings. The van der Waals surface area contributed by atoms with Crippen LogP contribution in [0.1, 0.15) is 21.6 Å². The number of esters is 1. The van der Waals surface area contributed by atoms with Crippen LogP contribution in [0.5, 0.6) is 0 Å². The SMILES string of the molecule is COCc1cccc(C(=O)OCc2cn3ccccc3n2)c1. The number of methoxy groups -OCH3 is 1. The Kier molecular flexibility index (Phi) is 4.16. The van der Waals surface area contributed by atoms with Crippen LogP contribution in [0.2, 0.25) is 0 Å². The van der Waals surface area contributed by atoms with Gasteiger partial charge in [0, 0.05) is 19.5 Å². The van der Waals surface area contributed by atoms with Gasteiger partial charge >= 0.3 is 5.97 Å². The smallest absolute Gasteiger partial charge is 0.338 e. The molecule has 0 N–H and O–H groups in total. The second-order valence-electron chi connectivity index (χ2n) is 4.91. The first kappa shape index (κ1) is 14.3. The molecule has 3 rings (SSSR count). The summed E-state index contributed by atoms with van der Waals surface area (Å²) >= 11 is 0. The number of hydrogen-bond acceptors (Lipinski definition) is 4. The average molecular weight is 296 g/mol. The number of hydrogen-bond donors (Lipinski definition) is 0. The molecule has 0 radical (unpaired) electrons. The highest BCUT2D eigenvalue weighted by Gasteiger charge is 2.09. The lowest BCUT2D eigenvalue weighted by molar-refractivity contribution is 0.0468. The number of carbonyl (C=O) groups is 1. The van der Waals surface area contributed by atoms with Crippen molar-refractivity contribution >= 4 is 11.6 Å². The maximum Gasteiger partial charge on any atom is 0.338 e. The number of benzene rings is 1. The van der Waals surface area contributed by atoms with Gasteiger partial charge in [-0.25, -0.2) is 9.78 Å². The van der Waals surface area contributed by atoms with Gasteiger partial charge in [-0.15, -0.1) is 0 Å². The van der Waals surface area contributed by atoms with Crippen molar-refractivity contribution in [2.45, 2.75) is 13.2 Å².